The van der Waals surface area contributed by atoms with Crippen LogP contribution in [0, 0.1) is 6.92 Å². The van der Waals surface area contributed by atoms with Crippen molar-refractivity contribution in [2.45, 2.75) is 33.1 Å². The van der Waals surface area contributed by atoms with Gasteiger partial charge >= 0.3 is 5.97 Å². The maximum absolute atomic E-state index is 12.0. The summed E-state index contributed by atoms with van der Waals surface area (Å²) in [5.41, 5.74) is 1.50. The monoisotopic (exact) mass is 330 g/mol. The summed E-state index contributed by atoms with van der Waals surface area (Å²) in [5, 5.41) is 2.78. The minimum atomic E-state index is -0.244. The fraction of sp³-hybridized carbons (Fsp3) is 0.389. The number of aromatic nitrogens is 1. The zero-order valence-corrected chi connectivity index (χ0v) is 14.0. The highest BCUT2D eigenvalue weighted by Crippen LogP contribution is 2.21. The molecule has 1 heterocycles. The largest absolute Gasteiger partial charge is 0.466 e. The van der Waals surface area contributed by atoms with Crippen LogP contribution in [-0.2, 0) is 20.7 Å². The molecule has 24 heavy (non-hydrogen) atoms. The van der Waals surface area contributed by atoms with E-state index in [0.717, 1.165) is 5.56 Å². The lowest BCUT2D eigenvalue weighted by Gasteiger charge is -2.04. The average Bonchev–Trinajstić information content (AvgIpc) is 2.93. The Kier molecular flexibility index (Phi) is 6.54. The van der Waals surface area contributed by atoms with E-state index in [1.165, 1.54) is 0 Å². The first-order valence-electron chi connectivity index (χ1n) is 8.04. The molecule has 6 nitrogen and oxygen atoms in total. The van der Waals surface area contributed by atoms with E-state index in [0.29, 0.717) is 43.3 Å². The molecule has 0 spiro atoms. The molecule has 1 amide bonds. The summed E-state index contributed by atoms with van der Waals surface area (Å²) in [7, 11) is 0. The van der Waals surface area contributed by atoms with Crippen molar-refractivity contribution in [3.8, 4) is 11.5 Å². The highest BCUT2D eigenvalue weighted by atomic mass is 16.5. The molecule has 0 saturated heterocycles. The first kappa shape index (κ1) is 17.7. The number of ether oxygens (including phenoxy) is 1. The molecular weight excluding hydrogens is 308 g/mol. The Labute approximate surface area is 141 Å². The Morgan fingerprint density at radius 3 is 2.71 bits per heavy atom. The molecule has 2 aromatic rings. The zero-order valence-electron chi connectivity index (χ0n) is 14.0. The smallest absolute Gasteiger partial charge is 0.305 e. The van der Waals surface area contributed by atoms with Gasteiger partial charge in [-0.05, 0) is 32.4 Å². The van der Waals surface area contributed by atoms with Gasteiger partial charge in [-0.15, -0.1) is 0 Å². The molecule has 0 bridgehead atoms. The summed E-state index contributed by atoms with van der Waals surface area (Å²) < 4.78 is 10.5. The predicted octanol–water partition coefficient (Wildman–Crippen LogP) is 2.65. The third-order valence-corrected chi connectivity index (χ3v) is 3.43. The van der Waals surface area contributed by atoms with E-state index < -0.39 is 0 Å². The van der Waals surface area contributed by atoms with E-state index in [-0.39, 0.29) is 18.3 Å². The first-order valence-corrected chi connectivity index (χ1v) is 8.04. The summed E-state index contributed by atoms with van der Waals surface area (Å²) in [6, 6.07) is 9.55. The van der Waals surface area contributed by atoms with Gasteiger partial charge in [0.05, 0.1) is 18.7 Å². The van der Waals surface area contributed by atoms with Crippen LogP contribution in [0.2, 0.25) is 0 Å². The van der Waals surface area contributed by atoms with Gasteiger partial charge in [0.15, 0.2) is 0 Å². The highest BCUT2D eigenvalue weighted by molar-refractivity contribution is 5.78. The fourth-order valence-electron chi connectivity index (χ4n) is 2.20. The van der Waals surface area contributed by atoms with Crippen LogP contribution in [0.15, 0.2) is 34.7 Å². The molecule has 0 fully saturated rings. The Morgan fingerprint density at radius 1 is 1.25 bits per heavy atom. The van der Waals surface area contributed by atoms with Gasteiger partial charge in [-0.3, -0.25) is 9.59 Å². The molecule has 0 radical (unpaired) electrons. The number of oxazole rings is 1. The molecule has 0 saturated carbocycles. The molecule has 0 aliphatic rings. The maximum Gasteiger partial charge on any atom is 0.305 e. The number of carbonyl (C=O) groups is 2. The molecule has 6 heteroatoms. The van der Waals surface area contributed by atoms with Gasteiger partial charge in [0, 0.05) is 18.5 Å². The average molecular weight is 330 g/mol. The summed E-state index contributed by atoms with van der Waals surface area (Å²) in [4.78, 5) is 27.6. The highest BCUT2D eigenvalue weighted by Gasteiger charge is 2.14. The number of rotatable bonds is 8. The lowest BCUT2D eigenvalue weighted by molar-refractivity contribution is -0.143. The second-order valence-electron chi connectivity index (χ2n) is 5.32. The van der Waals surface area contributed by atoms with Crippen LogP contribution in [0.25, 0.3) is 11.5 Å². The molecule has 0 aliphatic carbocycles. The van der Waals surface area contributed by atoms with Crippen LogP contribution in [0.1, 0.15) is 31.2 Å². The molecule has 0 unspecified atom stereocenters. The van der Waals surface area contributed by atoms with Crippen molar-refractivity contribution >= 4 is 11.9 Å². The maximum atomic E-state index is 12.0. The standard InChI is InChI=1S/C18H22N2O4/c1-3-23-17(22)10-7-11-19-16(21)12-15-13(2)24-18(20-15)14-8-5-4-6-9-14/h4-6,8-9H,3,7,10-12H2,1-2H3,(H,19,21). The van der Waals surface area contributed by atoms with E-state index in [9.17, 15) is 9.59 Å². The second-order valence-corrected chi connectivity index (χ2v) is 5.32. The molecule has 1 aromatic carbocycles. The van der Waals surface area contributed by atoms with E-state index in [1.807, 2.05) is 30.3 Å². The van der Waals surface area contributed by atoms with Crippen LogP contribution < -0.4 is 5.32 Å². The van der Waals surface area contributed by atoms with Crippen LogP contribution >= 0.6 is 0 Å². The normalized spacial score (nSPS) is 10.4. The van der Waals surface area contributed by atoms with Gasteiger partial charge < -0.3 is 14.5 Å². The second kappa shape index (κ2) is 8.86. The van der Waals surface area contributed by atoms with Crippen molar-refractivity contribution in [2.24, 2.45) is 0 Å². The third-order valence-electron chi connectivity index (χ3n) is 3.43. The van der Waals surface area contributed by atoms with E-state index in [2.05, 4.69) is 10.3 Å². The van der Waals surface area contributed by atoms with Crippen molar-refractivity contribution in [2.75, 3.05) is 13.2 Å². The van der Waals surface area contributed by atoms with E-state index >= 15 is 0 Å². The van der Waals surface area contributed by atoms with Gasteiger partial charge in [0.2, 0.25) is 11.8 Å². The predicted molar refractivity (Wildman–Crippen MR) is 89.3 cm³/mol. The van der Waals surface area contributed by atoms with Crippen molar-refractivity contribution in [3.63, 3.8) is 0 Å². The topological polar surface area (TPSA) is 81.4 Å². The Morgan fingerprint density at radius 2 is 2.00 bits per heavy atom. The van der Waals surface area contributed by atoms with Crippen molar-refractivity contribution in [3.05, 3.63) is 41.8 Å². The van der Waals surface area contributed by atoms with Gasteiger partial charge in [-0.2, -0.15) is 0 Å². The molecule has 2 rings (SSSR count). The van der Waals surface area contributed by atoms with Crippen LogP contribution in [-0.4, -0.2) is 30.0 Å². The number of nitrogens with zero attached hydrogens (tertiary/aromatic N) is 1. The molecule has 1 aromatic heterocycles. The summed E-state index contributed by atoms with van der Waals surface area (Å²) in [5.74, 6) is 0.759. The van der Waals surface area contributed by atoms with Crippen LogP contribution in [0.4, 0.5) is 0 Å². The number of amides is 1. The van der Waals surface area contributed by atoms with E-state index in [1.54, 1.807) is 13.8 Å². The summed E-state index contributed by atoms with van der Waals surface area (Å²) in [6.45, 7) is 4.37. The molecule has 128 valence electrons. The van der Waals surface area contributed by atoms with Crippen molar-refractivity contribution in [1.82, 2.24) is 10.3 Å². The van der Waals surface area contributed by atoms with Gasteiger partial charge in [0.25, 0.3) is 0 Å². The number of esters is 1. The lowest BCUT2D eigenvalue weighted by Crippen LogP contribution is -2.27. The number of benzene rings is 1. The summed E-state index contributed by atoms with van der Waals surface area (Å²) >= 11 is 0. The lowest BCUT2D eigenvalue weighted by atomic mass is 10.2. The number of nitrogens with one attached hydrogen (secondary N) is 1. The number of hydrogen-bond donors (Lipinski definition) is 1. The van der Waals surface area contributed by atoms with Gasteiger partial charge in [0.1, 0.15) is 5.76 Å². The molecule has 0 atom stereocenters. The molecule has 0 aliphatic heterocycles. The minimum Gasteiger partial charge on any atom is -0.466 e. The molecular formula is C18H22N2O4. The number of carbonyl (C=O) groups excluding carboxylic acids is 2. The Hall–Kier alpha value is -2.63. The first-order chi connectivity index (χ1) is 11.6. The quantitative estimate of drug-likeness (QED) is 0.594. The Balaban J connectivity index is 1.82. The third kappa shape index (κ3) is 5.22. The fourth-order valence-corrected chi connectivity index (χ4v) is 2.20. The minimum absolute atomic E-state index is 0.144. The van der Waals surface area contributed by atoms with Crippen molar-refractivity contribution < 1.29 is 18.7 Å². The van der Waals surface area contributed by atoms with Gasteiger partial charge in [-0.1, -0.05) is 18.2 Å². The SMILES string of the molecule is CCOC(=O)CCCNC(=O)Cc1nc(-c2ccccc2)oc1C. The van der Waals surface area contributed by atoms with Crippen LogP contribution in [0.3, 0.4) is 0 Å². The van der Waals surface area contributed by atoms with E-state index in [4.69, 9.17) is 9.15 Å². The number of hydrogen-bond acceptors (Lipinski definition) is 5. The zero-order chi connectivity index (χ0) is 17.4. The van der Waals surface area contributed by atoms with Crippen molar-refractivity contribution in [1.29, 1.82) is 0 Å². The molecule has 1 N–H and O–H groups in total. The summed E-state index contributed by atoms with van der Waals surface area (Å²) in [6.07, 6.45) is 1.01. The Bertz CT molecular complexity index is 680. The number of aryl methyl sites for hydroxylation is 1. The van der Waals surface area contributed by atoms with Gasteiger partial charge in [-0.25, -0.2) is 4.98 Å². The van der Waals surface area contributed by atoms with Crippen LogP contribution in [0.5, 0.6) is 0 Å².